The van der Waals surface area contributed by atoms with E-state index < -0.39 is 37.4 Å². The molecule has 5 rings (SSSR count). The lowest BCUT2D eigenvalue weighted by molar-refractivity contribution is -0.138. The highest BCUT2D eigenvalue weighted by Gasteiger charge is 2.57. The van der Waals surface area contributed by atoms with Crippen molar-refractivity contribution in [3.63, 3.8) is 0 Å². The third kappa shape index (κ3) is 4.17. The maximum absolute atomic E-state index is 13.7. The number of carbonyl (C=O) groups excluding carboxylic acids is 1. The van der Waals surface area contributed by atoms with Crippen molar-refractivity contribution in [2.75, 3.05) is 35.2 Å². The summed E-state index contributed by atoms with van der Waals surface area (Å²) in [7, 11) is -3.47. The van der Waals surface area contributed by atoms with Gasteiger partial charge in [0, 0.05) is 42.7 Å². The molecule has 2 fully saturated rings. The van der Waals surface area contributed by atoms with Gasteiger partial charge in [0.15, 0.2) is 15.5 Å². The Bertz CT molecular complexity index is 1540. The van der Waals surface area contributed by atoms with Crippen LogP contribution in [0.2, 0.25) is 0 Å². The minimum Gasteiger partial charge on any atom is -0.350 e. The Hall–Kier alpha value is -3.47. The van der Waals surface area contributed by atoms with E-state index in [0.717, 1.165) is 11.6 Å². The van der Waals surface area contributed by atoms with E-state index in [0.29, 0.717) is 37.7 Å². The topological polar surface area (TPSA) is 123 Å². The summed E-state index contributed by atoms with van der Waals surface area (Å²) in [5, 5.41) is 9.14. The molecular formula is C26H30F3N7O3S. The molecule has 1 amide bonds. The lowest BCUT2D eigenvalue weighted by Gasteiger charge is -2.49. The SMILES string of the molecule is C[C@@H]1CN(c2ncnc3c2C(C)(C)CN3c2cnc(C#N)c(C(F)(F)F)c2)[C@@H](C)CN1C(=O)C1(C)CCS1(=O)=O. The van der Waals surface area contributed by atoms with Gasteiger partial charge in [-0.2, -0.15) is 18.4 Å². The van der Waals surface area contributed by atoms with Crippen molar-refractivity contribution < 1.29 is 26.4 Å². The second-order valence-electron chi connectivity index (χ2n) is 11.7. The van der Waals surface area contributed by atoms with Gasteiger partial charge in [-0.3, -0.25) is 4.79 Å². The summed E-state index contributed by atoms with van der Waals surface area (Å²) in [6, 6.07) is 1.90. The normalized spacial score (nSPS) is 27.1. The maximum atomic E-state index is 13.7. The van der Waals surface area contributed by atoms with E-state index in [1.54, 1.807) is 9.80 Å². The highest BCUT2D eigenvalue weighted by Crippen LogP contribution is 2.48. The molecular weight excluding hydrogens is 547 g/mol. The van der Waals surface area contributed by atoms with Crippen LogP contribution in [0.1, 0.15) is 57.9 Å². The Morgan fingerprint density at radius 2 is 1.77 bits per heavy atom. The van der Waals surface area contributed by atoms with E-state index in [-0.39, 0.29) is 29.4 Å². The molecule has 5 heterocycles. The molecule has 3 aliphatic rings. The number of nitriles is 1. The first-order valence-corrected chi connectivity index (χ1v) is 14.6. The Morgan fingerprint density at radius 1 is 1.10 bits per heavy atom. The van der Waals surface area contributed by atoms with Gasteiger partial charge in [0.05, 0.1) is 23.2 Å². The zero-order valence-electron chi connectivity index (χ0n) is 22.8. The molecule has 0 aromatic carbocycles. The van der Waals surface area contributed by atoms with Crippen LogP contribution in [-0.2, 0) is 26.2 Å². The molecule has 0 radical (unpaired) electrons. The minimum absolute atomic E-state index is 0.0109. The summed E-state index contributed by atoms with van der Waals surface area (Å²) in [6.07, 6.45) is -1.84. The number of sulfone groups is 1. The molecule has 3 atom stereocenters. The van der Waals surface area contributed by atoms with Crippen molar-refractivity contribution in [2.24, 2.45) is 0 Å². The van der Waals surface area contributed by atoms with Gasteiger partial charge in [-0.25, -0.2) is 23.4 Å². The molecule has 2 aromatic rings. The zero-order chi connectivity index (χ0) is 29.4. The second-order valence-corrected chi connectivity index (χ2v) is 14.2. The monoisotopic (exact) mass is 577 g/mol. The molecule has 40 heavy (non-hydrogen) atoms. The van der Waals surface area contributed by atoms with Crippen LogP contribution in [0.4, 0.5) is 30.5 Å². The molecule has 2 saturated heterocycles. The number of pyridine rings is 1. The van der Waals surface area contributed by atoms with Gasteiger partial charge >= 0.3 is 6.18 Å². The summed E-state index contributed by atoms with van der Waals surface area (Å²) in [5.74, 6) is 0.688. The van der Waals surface area contributed by atoms with E-state index in [9.17, 15) is 26.4 Å². The minimum atomic E-state index is -4.75. The number of halogens is 3. The third-order valence-electron chi connectivity index (χ3n) is 8.39. The van der Waals surface area contributed by atoms with Crippen LogP contribution >= 0.6 is 0 Å². The number of rotatable bonds is 3. The van der Waals surface area contributed by atoms with Gasteiger partial charge in [0.1, 0.15) is 28.8 Å². The quantitative estimate of drug-likeness (QED) is 0.541. The molecule has 14 heteroatoms. The molecule has 0 saturated carbocycles. The Balaban J connectivity index is 1.49. The number of anilines is 3. The van der Waals surface area contributed by atoms with Crippen molar-refractivity contribution in [1.29, 1.82) is 5.26 Å². The summed E-state index contributed by atoms with van der Waals surface area (Å²) in [6.45, 7) is 10.2. The van der Waals surface area contributed by atoms with Gasteiger partial charge in [-0.1, -0.05) is 13.8 Å². The number of hydrogen-bond acceptors (Lipinski definition) is 9. The number of alkyl halides is 3. The number of amides is 1. The highest BCUT2D eigenvalue weighted by atomic mass is 32.2. The van der Waals surface area contributed by atoms with Crippen LogP contribution in [0, 0.1) is 11.3 Å². The van der Waals surface area contributed by atoms with E-state index in [1.165, 1.54) is 25.5 Å². The number of hydrogen-bond donors (Lipinski definition) is 0. The Kier molecular flexibility index (Phi) is 6.33. The maximum Gasteiger partial charge on any atom is 0.419 e. The molecule has 0 aliphatic carbocycles. The molecule has 0 N–H and O–H groups in total. The average molecular weight is 578 g/mol. The number of aromatic nitrogens is 3. The van der Waals surface area contributed by atoms with E-state index in [1.807, 2.05) is 27.7 Å². The highest BCUT2D eigenvalue weighted by molar-refractivity contribution is 7.95. The van der Waals surface area contributed by atoms with Crippen molar-refractivity contribution in [3.05, 3.63) is 35.4 Å². The fourth-order valence-corrected chi connectivity index (χ4v) is 7.42. The van der Waals surface area contributed by atoms with Gasteiger partial charge in [-0.05, 0) is 33.3 Å². The van der Waals surface area contributed by atoms with E-state index in [2.05, 4.69) is 19.9 Å². The summed E-state index contributed by atoms with van der Waals surface area (Å²) in [5.41, 5.74) is -1.47. The van der Waals surface area contributed by atoms with E-state index >= 15 is 0 Å². The van der Waals surface area contributed by atoms with Crippen molar-refractivity contribution in [3.8, 4) is 6.07 Å². The smallest absolute Gasteiger partial charge is 0.350 e. The fraction of sp³-hybridized carbons (Fsp3) is 0.577. The second kappa shape index (κ2) is 9.02. The predicted octanol–water partition coefficient (Wildman–Crippen LogP) is 3.19. The first-order chi connectivity index (χ1) is 18.5. The predicted molar refractivity (Wildman–Crippen MR) is 141 cm³/mol. The number of nitrogens with zero attached hydrogens (tertiary/aromatic N) is 7. The van der Waals surface area contributed by atoms with Crippen LogP contribution < -0.4 is 9.80 Å². The first kappa shape index (κ1) is 28.1. The lowest BCUT2D eigenvalue weighted by Crippen LogP contribution is -2.66. The summed E-state index contributed by atoms with van der Waals surface area (Å²) in [4.78, 5) is 31.5. The third-order valence-corrected chi connectivity index (χ3v) is 10.9. The van der Waals surface area contributed by atoms with Crippen LogP contribution in [0.25, 0.3) is 0 Å². The Labute approximate surface area is 230 Å². The van der Waals surface area contributed by atoms with Crippen LogP contribution in [0.3, 0.4) is 0 Å². The Morgan fingerprint density at radius 3 is 2.35 bits per heavy atom. The average Bonchev–Trinajstić information content (AvgIpc) is 3.18. The van der Waals surface area contributed by atoms with Gasteiger partial charge in [-0.15, -0.1) is 0 Å². The number of fused-ring (bicyclic) bond motifs is 1. The molecule has 214 valence electrons. The van der Waals surface area contributed by atoms with Gasteiger partial charge < -0.3 is 14.7 Å². The lowest BCUT2D eigenvalue weighted by atomic mass is 9.87. The van der Waals surface area contributed by atoms with Crippen molar-refractivity contribution >= 4 is 33.1 Å². The summed E-state index contributed by atoms with van der Waals surface area (Å²) >= 11 is 0. The van der Waals surface area contributed by atoms with Crippen molar-refractivity contribution in [1.82, 2.24) is 19.9 Å². The summed E-state index contributed by atoms with van der Waals surface area (Å²) < 4.78 is 64.4. The number of piperazine rings is 1. The van der Waals surface area contributed by atoms with Crippen LogP contribution in [0.5, 0.6) is 0 Å². The van der Waals surface area contributed by atoms with Gasteiger partial charge in [0.2, 0.25) is 5.91 Å². The molecule has 2 aromatic heterocycles. The fourth-order valence-electron chi connectivity index (χ4n) is 5.89. The largest absolute Gasteiger partial charge is 0.419 e. The molecule has 3 aliphatic heterocycles. The van der Waals surface area contributed by atoms with Crippen LogP contribution in [-0.4, -0.2) is 76.4 Å². The van der Waals surface area contributed by atoms with E-state index in [4.69, 9.17) is 5.26 Å². The molecule has 0 bridgehead atoms. The molecule has 10 nitrogen and oxygen atoms in total. The first-order valence-electron chi connectivity index (χ1n) is 12.9. The van der Waals surface area contributed by atoms with Gasteiger partial charge in [0.25, 0.3) is 0 Å². The molecule has 0 spiro atoms. The van der Waals surface area contributed by atoms with Crippen molar-refractivity contribution in [2.45, 2.75) is 69.5 Å². The molecule has 1 unspecified atom stereocenters. The van der Waals surface area contributed by atoms with Crippen LogP contribution in [0.15, 0.2) is 18.6 Å². The number of carbonyl (C=O) groups is 1. The standard InChI is InChI=1S/C26H30F3N7O3S/c1-15-12-35(23(37)25(5)6-7-40(25,38)39)16(2)11-34(15)21-20-22(33-14-32-21)36(13-24(20,3)4)17-8-18(26(27,28)29)19(9-30)31-10-17/h8,10,14-16H,6-7,11-13H2,1-5H3/t15-,16+,25?/m0/s1. The zero-order valence-corrected chi connectivity index (χ0v) is 23.6.